The van der Waals surface area contributed by atoms with E-state index in [2.05, 4.69) is 27.7 Å². The minimum Gasteiger partial charge on any atom is -0.481 e. The molecule has 2 heteroatoms. The smallest absolute Gasteiger partial charge is 0.306 e. The molecule has 0 rings (SSSR count). The number of rotatable bonds is 15. The quantitative estimate of drug-likeness (QED) is 0.342. The molecule has 2 nitrogen and oxygen atoms in total. The van der Waals surface area contributed by atoms with Crippen molar-refractivity contribution in [3.63, 3.8) is 0 Å². The highest BCUT2D eigenvalue weighted by atomic mass is 16.4. The third-order valence-corrected chi connectivity index (χ3v) is 4.94. The third-order valence-electron chi connectivity index (χ3n) is 4.94. The van der Waals surface area contributed by atoms with E-state index in [9.17, 15) is 9.90 Å². The zero-order chi connectivity index (χ0) is 16.8. The Kier molecular flexibility index (Phi) is 13.7. The summed E-state index contributed by atoms with van der Waals surface area (Å²) in [4.78, 5) is 11.6. The first-order valence-corrected chi connectivity index (χ1v) is 9.77. The van der Waals surface area contributed by atoms with Gasteiger partial charge in [0.05, 0.1) is 5.92 Å². The van der Waals surface area contributed by atoms with E-state index in [1.165, 1.54) is 57.8 Å². The molecule has 0 radical (unpaired) electrons. The van der Waals surface area contributed by atoms with Crippen molar-refractivity contribution in [3.05, 3.63) is 0 Å². The molecule has 3 atom stereocenters. The summed E-state index contributed by atoms with van der Waals surface area (Å²) in [6.07, 6.45) is 14.0. The lowest BCUT2D eigenvalue weighted by Crippen LogP contribution is -2.19. The Morgan fingerprint density at radius 1 is 0.818 bits per heavy atom. The predicted molar refractivity (Wildman–Crippen MR) is 96.2 cm³/mol. The van der Waals surface area contributed by atoms with Gasteiger partial charge in [0.1, 0.15) is 0 Å². The molecule has 1 N–H and O–H groups in total. The Morgan fingerprint density at radius 3 is 2.05 bits per heavy atom. The van der Waals surface area contributed by atoms with Gasteiger partial charge in [-0.15, -0.1) is 0 Å². The Bertz CT molecular complexity index is 262. The first-order valence-electron chi connectivity index (χ1n) is 9.77. The van der Waals surface area contributed by atoms with Crippen LogP contribution in [0.5, 0.6) is 0 Å². The van der Waals surface area contributed by atoms with E-state index < -0.39 is 5.97 Å². The number of carbonyl (C=O) groups is 1. The molecule has 0 bridgehead atoms. The number of hydrogen-bond donors (Lipinski definition) is 1. The predicted octanol–water partition coefficient (Wildman–Crippen LogP) is 6.68. The van der Waals surface area contributed by atoms with Gasteiger partial charge in [-0.2, -0.15) is 0 Å². The van der Waals surface area contributed by atoms with E-state index in [0.717, 1.165) is 19.3 Å². The van der Waals surface area contributed by atoms with Crippen molar-refractivity contribution in [1.82, 2.24) is 0 Å². The fraction of sp³-hybridized carbons (Fsp3) is 0.950. The van der Waals surface area contributed by atoms with Crippen LogP contribution in [-0.4, -0.2) is 11.1 Å². The fourth-order valence-electron chi connectivity index (χ4n) is 3.40. The molecule has 22 heavy (non-hydrogen) atoms. The molecule has 0 aromatic rings. The monoisotopic (exact) mass is 312 g/mol. The topological polar surface area (TPSA) is 37.3 Å². The van der Waals surface area contributed by atoms with Crippen molar-refractivity contribution in [3.8, 4) is 0 Å². The van der Waals surface area contributed by atoms with Gasteiger partial charge >= 0.3 is 5.97 Å². The first-order chi connectivity index (χ1) is 10.5. The van der Waals surface area contributed by atoms with Gasteiger partial charge in [0.25, 0.3) is 0 Å². The van der Waals surface area contributed by atoms with Crippen LogP contribution in [-0.2, 0) is 4.79 Å². The Labute approximate surface area is 139 Å². The molecule has 132 valence electrons. The van der Waals surface area contributed by atoms with Crippen LogP contribution in [0.25, 0.3) is 0 Å². The normalized spacial score (nSPS) is 15.5. The summed E-state index contributed by atoms with van der Waals surface area (Å²) in [5.41, 5.74) is 0. The largest absolute Gasteiger partial charge is 0.481 e. The van der Waals surface area contributed by atoms with Crippen LogP contribution in [0.1, 0.15) is 105 Å². The first kappa shape index (κ1) is 21.5. The van der Waals surface area contributed by atoms with Crippen molar-refractivity contribution < 1.29 is 9.90 Å². The molecule has 0 aliphatic rings. The van der Waals surface area contributed by atoms with Crippen molar-refractivity contribution in [2.75, 3.05) is 0 Å². The van der Waals surface area contributed by atoms with E-state index in [-0.39, 0.29) is 5.92 Å². The molecule has 0 spiro atoms. The average Bonchev–Trinajstić information content (AvgIpc) is 2.48. The summed E-state index contributed by atoms with van der Waals surface area (Å²) in [5.74, 6) is 0.593. The number of carboxylic acid groups (broad SMARTS) is 1. The molecule has 0 aliphatic carbocycles. The maximum absolute atomic E-state index is 11.6. The van der Waals surface area contributed by atoms with E-state index in [1.807, 2.05) is 0 Å². The van der Waals surface area contributed by atoms with Gasteiger partial charge in [-0.25, -0.2) is 0 Å². The van der Waals surface area contributed by atoms with Gasteiger partial charge < -0.3 is 5.11 Å². The van der Waals surface area contributed by atoms with E-state index in [1.54, 1.807) is 0 Å². The maximum atomic E-state index is 11.6. The Balaban J connectivity index is 4.24. The van der Waals surface area contributed by atoms with Crippen LogP contribution in [0, 0.1) is 17.8 Å². The van der Waals surface area contributed by atoms with Crippen molar-refractivity contribution in [2.24, 2.45) is 17.8 Å². The van der Waals surface area contributed by atoms with E-state index >= 15 is 0 Å². The average molecular weight is 313 g/mol. The fourth-order valence-corrected chi connectivity index (χ4v) is 3.40. The molecule has 0 amide bonds. The summed E-state index contributed by atoms with van der Waals surface area (Å²) in [6, 6.07) is 0. The molecule has 0 saturated carbocycles. The zero-order valence-corrected chi connectivity index (χ0v) is 15.6. The number of hydrogen-bond acceptors (Lipinski definition) is 1. The van der Waals surface area contributed by atoms with Crippen molar-refractivity contribution in [1.29, 1.82) is 0 Å². The molecule has 0 heterocycles. The van der Waals surface area contributed by atoms with Gasteiger partial charge in [0.15, 0.2) is 0 Å². The minimum absolute atomic E-state index is 0.123. The molecule has 0 fully saturated rings. The molecule has 3 unspecified atom stereocenters. The summed E-state index contributed by atoms with van der Waals surface area (Å²) >= 11 is 0. The number of aliphatic carboxylic acids is 1. The molecule has 0 saturated heterocycles. The van der Waals surface area contributed by atoms with Crippen LogP contribution in [0.3, 0.4) is 0 Å². The van der Waals surface area contributed by atoms with Crippen molar-refractivity contribution >= 4 is 5.97 Å². The van der Waals surface area contributed by atoms with Crippen LogP contribution in [0.4, 0.5) is 0 Å². The second-order valence-electron chi connectivity index (χ2n) is 7.25. The molecule has 0 aromatic heterocycles. The van der Waals surface area contributed by atoms with Crippen LogP contribution < -0.4 is 0 Å². The highest BCUT2D eigenvalue weighted by Crippen LogP contribution is 2.28. The van der Waals surface area contributed by atoms with Gasteiger partial charge in [0.2, 0.25) is 0 Å². The second-order valence-corrected chi connectivity index (χ2v) is 7.25. The van der Waals surface area contributed by atoms with Gasteiger partial charge in [-0.3, -0.25) is 4.79 Å². The summed E-state index contributed by atoms with van der Waals surface area (Å²) in [5, 5.41) is 9.54. The van der Waals surface area contributed by atoms with Gasteiger partial charge in [0, 0.05) is 0 Å². The lowest BCUT2D eigenvalue weighted by molar-refractivity contribution is -0.142. The summed E-state index contributed by atoms with van der Waals surface area (Å²) in [6.45, 7) is 8.95. The Hall–Kier alpha value is -0.530. The lowest BCUT2D eigenvalue weighted by atomic mass is 9.83. The van der Waals surface area contributed by atoms with Crippen molar-refractivity contribution in [2.45, 2.75) is 105 Å². The number of unbranched alkanes of at least 4 members (excludes halogenated alkanes) is 3. The van der Waals surface area contributed by atoms with Crippen LogP contribution in [0.2, 0.25) is 0 Å². The summed E-state index contributed by atoms with van der Waals surface area (Å²) in [7, 11) is 0. The van der Waals surface area contributed by atoms with Crippen LogP contribution in [0.15, 0.2) is 0 Å². The van der Waals surface area contributed by atoms with Crippen LogP contribution >= 0.6 is 0 Å². The Morgan fingerprint density at radius 2 is 1.50 bits per heavy atom. The van der Waals surface area contributed by atoms with Gasteiger partial charge in [-0.05, 0) is 31.1 Å². The third kappa shape index (κ3) is 11.1. The zero-order valence-electron chi connectivity index (χ0n) is 15.6. The number of carboxylic acids is 1. The highest BCUT2D eigenvalue weighted by molar-refractivity contribution is 5.69. The maximum Gasteiger partial charge on any atom is 0.306 e. The standard InChI is InChI=1S/C20H40O2/c1-5-8-10-12-17(4)14-15-19(20(21)22)16-18(11-7-3)13-9-6-2/h17-19H,5-16H2,1-4H3,(H,21,22). The molecule has 0 aliphatic heterocycles. The molecular weight excluding hydrogens is 272 g/mol. The SMILES string of the molecule is CCCCCC(C)CCC(CC(CCC)CCCC)C(=O)O. The summed E-state index contributed by atoms with van der Waals surface area (Å²) < 4.78 is 0. The lowest BCUT2D eigenvalue weighted by Gasteiger charge is -2.22. The second kappa shape index (κ2) is 14.1. The molecule has 0 aromatic carbocycles. The highest BCUT2D eigenvalue weighted by Gasteiger charge is 2.22. The van der Waals surface area contributed by atoms with E-state index in [4.69, 9.17) is 0 Å². The van der Waals surface area contributed by atoms with E-state index in [0.29, 0.717) is 11.8 Å². The van der Waals surface area contributed by atoms with Gasteiger partial charge in [-0.1, -0.05) is 85.5 Å². The molecular formula is C20H40O2. The minimum atomic E-state index is -0.571.